The summed E-state index contributed by atoms with van der Waals surface area (Å²) in [6.07, 6.45) is 4.26. The second-order valence-corrected chi connectivity index (χ2v) is 6.70. The molecule has 20 heavy (non-hydrogen) atoms. The van der Waals surface area contributed by atoms with E-state index in [1.165, 1.54) is 6.21 Å². The summed E-state index contributed by atoms with van der Waals surface area (Å²) in [5.74, 6) is -0.514. The zero-order valence-corrected chi connectivity index (χ0v) is 12.9. The molecule has 0 heterocycles. The Morgan fingerprint density at radius 2 is 2.15 bits per heavy atom. The van der Waals surface area contributed by atoms with Crippen LogP contribution in [0.5, 0.6) is 0 Å². The van der Waals surface area contributed by atoms with E-state index in [2.05, 4.69) is 4.99 Å². The van der Waals surface area contributed by atoms with Crippen molar-refractivity contribution in [1.82, 2.24) is 0 Å². The smallest absolute Gasteiger partial charge is 0.328 e. The van der Waals surface area contributed by atoms with Gasteiger partial charge in [-0.2, -0.15) is 11.8 Å². The van der Waals surface area contributed by atoms with E-state index in [1.807, 2.05) is 20.1 Å². The standard InChI is InChI=1S/C14H21NO4S/c1-14(2)6-11(16)9(12(17)7-14)8-15-10(13(18)19)4-5-20-3/h8,10,16H,4-7H2,1-3H3,(H,18,19)/t10-/m1/s1. The maximum Gasteiger partial charge on any atom is 0.328 e. The predicted octanol–water partition coefficient (Wildman–Crippen LogP) is 2.46. The van der Waals surface area contributed by atoms with Crippen LogP contribution in [0.25, 0.3) is 0 Å². The summed E-state index contributed by atoms with van der Waals surface area (Å²) in [5, 5.41) is 19.0. The summed E-state index contributed by atoms with van der Waals surface area (Å²) in [4.78, 5) is 27.0. The summed E-state index contributed by atoms with van der Waals surface area (Å²) in [7, 11) is 0. The highest BCUT2D eigenvalue weighted by atomic mass is 32.2. The van der Waals surface area contributed by atoms with Crippen molar-refractivity contribution in [3.8, 4) is 0 Å². The molecule has 0 radical (unpaired) electrons. The maximum atomic E-state index is 12.0. The summed E-state index contributed by atoms with van der Waals surface area (Å²) in [6.45, 7) is 3.82. The fraction of sp³-hybridized carbons (Fsp3) is 0.643. The molecule has 0 aromatic rings. The minimum absolute atomic E-state index is 0.00371. The van der Waals surface area contributed by atoms with Crippen LogP contribution in [0.1, 0.15) is 33.1 Å². The molecule has 0 saturated heterocycles. The van der Waals surface area contributed by atoms with Crippen LogP contribution < -0.4 is 0 Å². The van der Waals surface area contributed by atoms with Gasteiger partial charge in [0.05, 0.1) is 5.57 Å². The summed E-state index contributed by atoms with van der Waals surface area (Å²) < 4.78 is 0. The lowest BCUT2D eigenvalue weighted by Crippen LogP contribution is -2.27. The van der Waals surface area contributed by atoms with Gasteiger partial charge in [-0.05, 0) is 23.8 Å². The molecule has 0 fully saturated rings. The molecular formula is C14H21NO4S. The monoisotopic (exact) mass is 299 g/mol. The number of carbonyl (C=O) groups is 2. The highest BCUT2D eigenvalue weighted by Crippen LogP contribution is 2.35. The van der Waals surface area contributed by atoms with Crippen molar-refractivity contribution in [2.24, 2.45) is 10.4 Å². The number of Topliss-reactive ketones (excluding diaryl/α,β-unsaturated/α-hetero) is 1. The summed E-state index contributed by atoms with van der Waals surface area (Å²) in [5.41, 5.74) is -0.108. The molecule has 0 spiro atoms. The van der Waals surface area contributed by atoms with Gasteiger partial charge in [0.2, 0.25) is 0 Å². The van der Waals surface area contributed by atoms with Crippen LogP contribution in [0.15, 0.2) is 16.3 Å². The van der Waals surface area contributed by atoms with Gasteiger partial charge >= 0.3 is 5.97 Å². The molecule has 0 aromatic heterocycles. The Labute approximate surface area is 123 Å². The number of aliphatic imine (C=N–C) groups is 1. The molecule has 112 valence electrons. The molecule has 0 unspecified atom stereocenters. The first-order valence-corrected chi connectivity index (χ1v) is 7.86. The van der Waals surface area contributed by atoms with Crippen molar-refractivity contribution in [3.63, 3.8) is 0 Å². The average Bonchev–Trinajstić information content (AvgIpc) is 2.29. The number of carboxylic acid groups (broad SMARTS) is 1. The quantitative estimate of drug-likeness (QED) is 0.736. The number of rotatable bonds is 6. The molecule has 1 aliphatic carbocycles. The SMILES string of the molecule is CSCC[C@@H](N=CC1=C(O)CC(C)(C)CC1=O)C(=O)O. The Bertz CT molecular complexity index is 454. The fourth-order valence-electron chi connectivity index (χ4n) is 2.10. The number of aliphatic carboxylic acids is 1. The Morgan fingerprint density at radius 1 is 1.50 bits per heavy atom. The lowest BCUT2D eigenvalue weighted by molar-refractivity contribution is -0.138. The largest absolute Gasteiger partial charge is 0.511 e. The van der Waals surface area contributed by atoms with E-state index in [1.54, 1.807) is 11.8 Å². The molecule has 0 saturated carbocycles. The molecule has 1 rings (SSSR count). The molecule has 1 aliphatic rings. The van der Waals surface area contributed by atoms with Crippen LogP contribution in [0.4, 0.5) is 0 Å². The van der Waals surface area contributed by atoms with Crippen LogP contribution >= 0.6 is 11.8 Å². The number of carboxylic acids is 1. The molecule has 6 heteroatoms. The third kappa shape index (κ3) is 4.67. The van der Waals surface area contributed by atoms with Gasteiger partial charge in [0.1, 0.15) is 11.8 Å². The number of aliphatic hydroxyl groups is 1. The molecule has 2 N–H and O–H groups in total. The van der Waals surface area contributed by atoms with Crippen molar-refractivity contribution in [2.45, 2.75) is 39.2 Å². The molecule has 0 amide bonds. The first kappa shape index (κ1) is 16.8. The van der Waals surface area contributed by atoms with Crippen molar-refractivity contribution < 1.29 is 19.8 Å². The predicted molar refractivity (Wildman–Crippen MR) is 80.6 cm³/mol. The first-order chi connectivity index (χ1) is 9.26. The number of allylic oxidation sites excluding steroid dienone is 2. The summed E-state index contributed by atoms with van der Waals surface area (Å²) in [6, 6.07) is -0.870. The number of aliphatic hydroxyl groups excluding tert-OH is 1. The van der Waals surface area contributed by atoms with E-state index in [0.29, 0.717) is 25.0 Å². The van der Waals surface area contributed by atoms with Gasteiger partial charge in [-0.3, -0.25) is 9.79 Å². The number of nitrogens with zero attached hydrogens (tertiary/aromatic N) is 1. The third-order valence-corrected chi connectivity index (χ3v) is 3.80. The Kier molecular flexibility index (Phi) is 5.80. The Hall–Kier alpha value is -1.30. The van der Waals surface area contributed by atoms with Gasteiger partial charge < -0.3 is 10.2 Å². The number of carbonyl (C=O) groups excluding carboxylic acids is 1. The third-order valence-electron chi connectivity index (χ3n) is 3.16. The molecule has 1 atom stereocenters. The molecule has 0 bridgehead atoms. The second-order valence-electron chi connectivity index (χ2n) is 5.71. The Morgan fingerprint density at radius 3 is 2.65 bits per heavy atom. The maximum absolute atomic E-state index is 12.0. The topological polar surface area (TPSA) is 87.0 Å². The van der Waals surface area contributed by atoms with Crippen LogP contribution in [-0.4, -0.2) is 46.2 Å². The number of ketones is 1. The van der Waals surface area contributed by atoms with Crippen molar-refractivity contribution in [2.75, 3.05) is 12.0 Å². The van der Waals surface area contributed by atoms with Crippen LogP contribution in [0.2, 0.25) is 0 Å². The molecular weight excluding hydrogens is 278 g/mol. The van der Waals surface area contributed by atoms with E-state index in [9.17, 15) is 14.7 Å². The van der Waals surface area contributed by atoms with Crippen molar-refractivity contribution in [1.29, 1.82) is 0 Å². The fourth-order valence-corrected chi connectivity index (χ4v) is 2.56. The van der Waals surface area contributed by atoms with Gasteiger partial charge in [0.15, 0.2) is 5.78 Å². The second kappa shape index (κ2) is 6.92. The average molecular weight is 299 g/mol. The van der Waals surface area contributed by atoms with E-state index in [-0.39, 0.29) is 22.5 Å². The lowest BCUT2D eigenvalue weighted by atomic mass is 9.77. The van der Waals surface area contributed by atoms with Gasteiger partial charge in [-0.15, -0.1) is 0 Å². The molecule has 0 aromatic carbocycles. The van der Waals surface area contributed by atoms with Gasteiger partial charge in [0, 0.05) is 19.1 Å². The number of hydrogen-bond acceptors (Lipinski definition) is 5. The first-order valence-electron chi connectivity index (χ1n) is 6.47. The van der Waals surface area contributed by atoms with Gasteiger partial charge in [-0.1, -0.05) is 13.8 Å². The minimum Gasteiger partial charge on any atom is -0.511 e. The van der Waals surface area contributed by atoms with Crippen LogP contribution in [0.3, 0.4) is 0 Å². The van der Waals surface area contributed by atoms with Gasteiger partial charge in [-0.25, -0.2) is 4.79 Å². The van der Waals surface area contributed by atoms with Crippen LogP contribution in [-0.2, 0) is 9.59 Å². The lowest BCUT2D eigenvalue weighted by Gasteiger charge is -2.28. The molecule has 5 nitrogen and oxygen atoms in total. The summed E-state index contributed by atoms with van der Waals surface area (Å²) >= 11 is 1.54. The zero-order chi connectivity index (χ0) is 15.3. The number of thioether (sulfide) groups is 1. The molecule has 0 aliphatic heterocycles. The Balaban J connectivity index is 2.86. The number of hydrogen-bond donors (Lipinski definition) is 2. The minimum atomic E-state index is -1.01. The van der Waals surface area contributed by atoms with E-state index < -0.39 is 12.0 Å². The zero-order valence-electron chi connectivity index (χ0n) is 12.0. The highest BCUT2D eigenvalue weighted by Gasteiger charge is 2.32. The van der Waals surface area contributed by atoms with Crippen molar-refractivity contribution >= 4 is 29.7 Å². The normalized spacial score (nSPS) is 20.4. The van der Waals surface area contributed by atoms with Gasteiger partial charge in [0.25, 0.3) is 0 Å². The van der Waals surface area contributed by atoms with Crippen molar-refractivity contribution in [3.05, 3.63) is 11.3 Å². The van der Waals surface area contributed by atoms with E-state index in [0.717, 1.165) is 0 Å². The van der Waals surface area contributed by atoms with Crippen LogP contribution in [0, 0.1) is 5.41 Å². The highest BCUT2D eigenvalue weighted by molar-refractivity contribution is 7.98. The van der Waals surface area contributed by atoms with E-state index in [4.69, 9.17) is 5.11 Å². The van der Waals surface area contributed by atoms with E-state index >= 15 is 0 Å².